The molecule has 2 heteroatoms. The lowest BCUT2D eigenvalue weighted by molar-refractivity contribution is 1.05. The van der Waals surface area contributed by atoms with Crippen LogP contribution in [-0.4, -0.2) is 4.57 Å². The Bertz CT molecular complexity index is 668. The molecule has 0 fully saturated rings. The van der Waals surface area contributed by atoms with Crippen molar-refractivity contribution in [1.82, 2.24) is 4.57 Å². The van der Waals surface area contributed by atoms with E-state index in [4.69, 9.17) is 0 Å². The maximum Gasteiger partial charge on any atom is 0.0532 e. The summed E-state index contributed by atoms with van der Waals surface area (Å²) in [6.07, 6.45) is 0. The van der Waals surface area contributed by atoms with E-state index in [0.29, 0.717) is 0 Å². The van der Waals surface area contributed by atoms with Gasteiger partial charge in [0.2, 0.25) is 0 Å². The third kappa shape index (κ3) is 1.79. The Labute approximate surface area is 109 Å². The first-order chi connectivity index (χ1) is 8.25. The Balaban J connectivity index is 2.33. The second kappa shape index (κ2) is 4.04. The molecule has 0 atom stereocenters. The summed E-state index contributed by atoms with van der Waals surface area (Å²) in [6, 6.07) is 19.1. The molecule has 0 unspecified atom stereocenters. The molecule has 3 rings (SSSR count). The van der Waals surface area contributed by atoms with Crippen LogP contribution in [-0.2, 0) is 0 Å². The highest BCUT2D eigenvalue weighted by atomic mass is 79.9. The zero-order chi connectivity index (χ0) is 11.8. The molecule has 0 aliphatic heterocycles. The fraction of sp³-hybridized carbons (Fsp3) is 0.0667. The maximum absolute atomic E-state index is 3.51. The van der Waals surface area contributed by atoms with E-state index in [2.05, 4.69) is 76.0 Å². The van der Waals surface area contributed by atoms with Crippen LogP contribution in [0.25, 0.3) is 16.6 Å². The highest BCUT2D eigenvalue weighted by Gasteiger charge is 2.07. The SMILES string of the molecule is Cc1cc2cc(Br)ccc2n1-c1ccccc1. The quantitative estimate of drug-likeness (QED) is 0.611. The van der Waals surface area contributed by atoms with Crippen LogP contribution in [0.4, 0.5) is 0 Å². The van der Waals surface area contributed by atoms with Gasteiger partial charge in [-0.2, -0.15) is 0 Å². The van der Waals surface area contributed by atoms with Gasteiger partial charge < -0.3 is 4.57 Å². The van der Waals surface area contributed by atoms with Gasteiger partial charge in [0, 0.05) is 21.2 Å². The summed E-state index contributed by atoms with van der Waals surface area (Å²) < 4.78 is 3.40. The van der Waals surface area contributed by atoms with E-state index in [0.717, 1.165) is 4.47 Å². The average Bonchev–Trinajstić information content (AvgIpc) is 2.65. The summed E-state index contributed by atoms with van der Waals surface area (Å²) in [5.41, 5.74) is 3.71. The van der Waals surface area contributed by atoms with E-state index >= 15 is 0 Å². The van der Waals surface area contributed by atoms with Crippen molar-refractivity contribution in [2.45, 2.75) is 6.92 Å². The lowest BCUT2D eigenvalue weighted by atomic mass is 10.2. The second-order valence-electron chi connectivity index (χ2n) is 4.16. The summed E-state index contributed by atoms with van der Waals surface area (Å²) >= 11 is 3.51. The van der Waals surface area contributed by atoms with Gasteiger partial charge in [-0.3, -0.25) is 0 Å². The molecular weight excluding hydrogens is 274 g/mol. The minimum absolute atomic E-state index is 1.12. The maximum atomic E-state index is 3.51. The van der Waals surface area contributed by atoms with Crippen molar-refractivity contribution in [2.24, 2.45) is 0 Å². The molecule has 3 aromatic rings. The Hall–Kier alpha value is -1.54. The molecule has 0 amide bonds. The molecule has 1 nitrogen and oxygen atoms in total. The van der Waals surface area contributed by atoms with Crippen molar-refractivity contribution in [3.05, 3.63) is 64.8 Å². The summed E-state index contributed by atoms with van der Waals surface area (Å²) in [4.78, 5) is 0. The molecule has 0 N–H and O–H groups in total. The van der Waals surface area contributed by atoms with Crippen molar-refractivity contribution >= 4 is 26.8 Å². The van der Waals surface area contributed by atoms with Crippen LogP contribution in [0.2, 0.25) is 0 Å². The summed E-state index contributed by atoms with van der Waals surface area (Å²) in [5.74, 6) is 0. The number of rotatable bonds is 1. The van der Waals surface area contributed by atoms with Crippen LogP contribution in [0.5, 0.6) is 0 Å². The summed E-state index contributed by atoms with van der Waals surface area (Å²) in [5, 5.41) is 1.26. The monoisotopic (exact) mass is 285 g/mol. The minimum atomic E-state index is 1.12. The van der Waals surface area contributed by atoms with Crippen LogP contribution in [0.1, 0.15) is 5.69 Å². The van der Waals surface area contributed by atoms with Crippen LogP contribution in [0, 0.1) is 6.92 Å². The molecule has 0 saturated carbocycles. The van der Waals surface area contributed by atoms with Gasteiger partial charge in [0.25, 0.3) is 0 Å². The molecular formula is C15H12BrN. The van der Waals surface area contributed by atoms with Crippen molar-refractivity contribution in [1.29, 1.82) is 0 Å². The number of aromatic nitrogens is 1. The van der Waals surface area contributed by atoms with E-state index in [9.17, 15) is 0 Å². The van der Waals surface area contributed by atoms with Gasteiger partial charge in [-0.15, -0.1) is 0 Å². The smallest absolute Gasteiger partial charge is 0.0532 e. The molecule has 84 valence electrons. The van der Waals surface area contributed by atoms with Gasteiger partial charge >= 0.3 is 0 Å². The molecule has 0 aliphatic carbocycles. The predicted octanol–water partition coefficient (Wildman–Crippen LogP) is 4.70. The first kappa shape index (κ1) is 10.6. The molecule has 17 heavy (non-hydrogen) atoms. The largest absolute Gasteiger partial charge is 0.314 e. The first-order valence-electron chi connectivity index (χ1n) is 5.59. The number of halogens is 1. The van der Waals surface area contributed by atoms with Crippen LogP contribution < -0.4 is 0 Å². The molecule has 1 aromatic heterocycles. The zero-order valence-corrected chi connectivity index (χ0v) is 11.1. The van der Waals surface area contributed by atoms with Gasteiger partial charge in [0.15, 0.2) is 0 Å². The van der Waals surface area contributed by atoms with Crippen molar-refractivity contribution in [3.8, 4) is 5.69 Å². The Kier molecular flexibility index (Phi) is 2.52. The third-order valence-corrected chi connectivity index (χ3v) is 3.46. The first-order valence-corrected chi connectivity index (χ1v) is 6.38. The van der Waals surface area contributed by atoms with Gasteiger partial charge in [-0.1, -0.05) is 34.1 Å². The lowest BCUT2D eigenvalue weighted by Crippen LogP contribution is -1.95. The number of aryl methyl sites for hydroxylation is 1. The second-order valence-corrected chi connectivity index (χ2v) is 5.08. The number of fused-ring (bicyclic) bond motifs is 1. The van der Waals surface area contributed by atoms with Crippen molar-refractivity contribution in [3.63, 3.8) is 0 Å². The van der Waals surface area contributed by atoms with E-state index in [1.807, 2.05) is 6.07 Å². The normalized spacial score (nSPS) is 10.9. The van der Waals surface area contributed by atoms with Crippen LogP contribution in [0.3, 0.4) is 0 Å². The Morgan fingerprint density at radius 1 is 0.941 bits per heavy atom. The van der Waals surface area contributed by atoms with E-state index in [1.54, 1.807) is 0 Å². The average molecular weight is 286 g/mol. The standard InChI is InChI=1S/C15H12BrN/c1-11-9-12-10-13(16)7-8-15(12)17(11)14-5-3-2-4-6-14/h2-10H,1H3. The molecule has 2 aromatic carbocycles. The topological polar surface area (TPSA) is 4.93 Å². The van der Waals surface area contributed by atoms with Crippen LogP contribution in [0.15, 0.2) is 59.1 Å². The Morgan fingerprint density at radius 2 is 1.71 bits per heavy atom. The number of benzene rings is 2. The zero-order valence-electron chi connectivity index (χ0n) is 9.52. The highest BCUT2D eigenvalue weighted by Crippen LogP contribution is 2.26. The molecule has 1 heterocycles. The van der Waals surface area contributed by atoms with E-state index in [-0.39, 0.29) is 0 Å². The fourth-order valence-corrected chi connectivity index (χ4v) is 2.62. The van der Waals surface area contributed by atoms with Crippen molar-refractivity contribution in [2.75, 3.05) is 0 Å². The Morgan fingerprint density at radius 3 is 2.47 bits per heavy atom. The number of para-hydroxylation sites is 1. The molecule has 0 aliphatic rings. The van der Waals surface area contributed by atoms with Crippen LogP contribution >= 0.6 is 15.9 Å². The number of hydrogen-bond donors (Lipinski definition) is 0. The number of nitrogens with zero attached hydrogens (tertiary/aromatic N) is 1. The molecule has 0 spiro atoms. The van der Waals surface area contributed by atoms with E-state index < -0.39 is 0 Å². The summed E-state index contributed by atoms with van der Waals surface area (Å²) in [7, 11) is 0. The minimum Gasteiger partial charge on any atom is -0.314 e. The third-order valence-electron chi connectivity index (χ3n) is 2.96. The fourth-order valence-electron chi connectivity index (χ4n) is 2.24. The van der Waals surface area contributed by atoms with Crippen molar-refractivity contribution < 1.29 is 0 Å². The van der Waals surface area contributed by atoms with Gasteiger partial charge in [0.05, 0.1) is 5.52 Å². The van der Waals surface area contributed by atoms with Gasteiger partial charge in [-0.05, 0) is 43.3 Å². The molecule has 0 radical (unpaired) electrons. The summed E-state index contributed by atoms with van der Waals surface area (Å²) in [6.45, 7) is 2.14. The number of hydrogen-bond acceptors (Lipinski definition) is 0. The molecule has 0 saturated heterocycles. The van der Waals surface area contributed by atoms with Gasteiger partial charge in [0.1, 0.15) is 0 Å². The predicted molar refractivity (Wildman–Crippen MR) is 75.7 cm³/mol. The van der Waals surface area contributed by atoms with E-state index in [1.165, 1.54) is 22.3 Å². The molecule has 0 bridgehead atoms. The highest BCUT2D eigenvalue weighted by molar-refractivity contribution is 9.10. The van der Waals surface area contributed by atoms with Gasteiger partial charge in [-0.25, -0.2) is 0 Å². The lowest BCUT2D eigenvalue weighted by Gasteiger charge is -2.07.